The molecule has 1 saturated carbocycles. The number of alkyl halides is 3. The van der Waals surface area contributed by atoms with Gasteiger partial charge < -0.3 is 5.11 Å². The minimum Gasteiger partial charge on any atom is -0.396 e. The largest absolute Gasteiger partial charge is 0.397 e. The number of aliphatic hydroxyl groups excluding tert-OH is 1. The van der Waals surface area contributed by atoms with E-state index in [0.29, 0.717) is 19.3 Å². The van der Waals surface area contributed by atoms with Gasteiger partial charge in [-0.05, 0) is 50.8 Å². The third-order valence-electron chi connectivity index (χ3n) is 4.39. The maximum atomic E-state index is 13.0. The Hall–Kier alpha value is -1.12. The SMILES string of the molecule is CC(C)(c1ccc(S(=O)(=O)NC2(CCO)CC2)cc1)C(F)(F)F. The fraction of sp³-hybridized carbons (Fsp3) is 0.600. The smallest absolute Gasteiger partial charge is 0.396 e. The molecule has 2 rings (SSSR count). The first-order valence-corrected chi connectivity index (χ1v) is 8.74. The number of sulfonamides is 1. The Morgan fingerprint density at radius 1 is 1.17 bits per heavy atom. The number of nitrogens with one attached hydrogen (secondary N) is 1. The molecule has 0 amide bonds. The summed E-state index contributed by atoms with van der Waals surface area (Å²) < 4.78 is 66.2. The second kappa shape index (κ2) is 5.75. The zero-order valence-electron chi connectivity index (χ0n) is 12.9. The van der Waals surface area contributed by atoms with Crippen molar-refractivity contribution in [2.45, 2.75) is 55.1 Å². The van der Waals surface area contributed by atoms with Crippen molar-refractivity contribution in [1.29, 1.82) is 0 Å². The molecule has 1 fully saturated rings. The molecule has 1 aliphatic carbocycles. The van der Waals surface area contributed by atoms with Gasteiger partial charge in [0.05, 0.1) is 10.3 Å². The molecule has 1 aromatic rings. The van der Waals surface area contributed by atoms with Crippen LogP contribution < -0.4 is 4.72 Å². The summed E-state index contributed by atoms with van der Waals surface area (Å²) in [6, 6.07) is 4.74. The lowest BCUT2D eigenvalue weighted by Crippen LogP contribution is -2.38. The van der Waals surface area contributed by atoms with Gasteiger partial charge in [-0.2, -0.15) is 13.2 Å². The Morgan fingerprint density at radius 2 is 1.70 bits per heavy atom. The highest BCUT2D eigenvalue weighted by Gasteiger charge is 2.48. The van der Waals surface area contributed by atoms with Gasteiger partial charge in [0.2, 0.25) is 10.0 Å². The van der Waals surface area contributed by atoms with Crippen molar-refractivity contribution in [3.05, 3.63) is 29.8 Å². The Morgan fingerprint density at radius 3 is 2.09 bits per heavy atom. The van der Waals surface area contributed by atoms with Crippen molar-refractivity contribution in [2.75, 3.05) is 6.61 Å². The highest BCUT2D eigenvalue weighted by Crippen LogP contribution is 2.41. The van der Waals surface area contributed by atoms with E-state index in [9.17, 15) is 21.6 Å². The van der Waals surface area contributed by atoms with Crippen LogP contribution in [0, 0.1) is 0 Å². The van der Waals surface area contributed by atoms with Crippen molar-refractivity contribution >= 4 is 10.0 Å². The lowest BCUT2D eigenvalue weighted by atomic mass is 9.84. The summed E-state index contributed by atoms with van der Waals surface area (Å²) in [5.74, 6) is 0. The molecule has 0 unspecified atom stereocenters. The molecule has 0 atom stereocenters. The number of hydrogen-bond acceptors (Lipinski definition) is 3. The van der Waals surface area contributed by atoms with E-state index in [4.69, 9.17) is 5.11 Å². The molecular formula is C15H20F3NO3S. The summed E-state index contributed by atoms with van der Waals surface area (Å²) in [6.07, 6.45) is -2.81. The quantitative estimate of drug-likeness (QED) is 0.828. The van der Waals surface area contributed by atoms with Crippen LogP contribution in [0.2, 0.25) is 0 Å². The zero-order valence-corrected chi connectivity index (χ0v) is 13.8. The first kappa shape index (κ1) is 18.2. The Kier molecular flexibility index (Phi) is 4.56. The van der Waals surface area contributed by atoms with E-state index in [2.05, 4.69) is 4.72 Å². The number of benzene rings is 1. The molecule has 0 heterocycles. The predicted octanol–water partition coefficient (Wildman–Crippen LogP) is 2.72. The molecule has 130 valence electrons. The summed E-state index contributed by atoms with van der Waals surface area (Å²) in [5, 5.41) is 8.97. The molecular weight excluding hydrogens is 331 g/mol. The van der Waals surface area contributed by atoms with Gasteiger partial charge in [0.15, 0.2) is 0 Å². The molecule has 0 aromatic heterocycles. The fourth-order valence-electron chi connectivity index (χ4n) is 2.33. The van der Waals surface area contributed by atoms with Crippen molar-refractivity contribution in [1.82, 2.24) is 4.72 Å². The van der Waals surface area contributed by atoms with Crippen molar-refractivity contribution in [3.63, 3.8) is 0 Å². The van der Waals surface area contributed by atoms with Crippen molar-refractivity contribution in [2.24, 2.45) is 0 Å². The average Bonchev–Trinajstić information content (AvgIpc) is 3.16. The van der Waals surface area contributed by atoms with Crippen LogP contribution >= 0.6 is 0 Å². The third kappa shape index (κ3) is 3.70. The van der Waals surface area contributed by atoms with Crippen LogP contribution in [0.3, 0.4) is 0 Å². The van der Waals surface area contributed by atoms with Crippen LogP contribution in [0.15, 0.2) is 29.2 Å². The van der Waals surface area contributed by atoms with Crippen LogP contribution in [-0.4, -0.2) is 31.8 Å². The lowest BCUT2D eigenvalue weighted by molar-refractivity contribution is -0.180. The molecule has 0 saturated heterocycles. The Labute approximate surface area is 133 Å². The van der Waals surface area contributed by atoms with Gasteiger partial charge in [0.25, 0.3) is 0 Å². The summed E-state index contributed by atoms with van der Waals surface area (Å²) in [7, 11) is -3.82. The van der Waals surface area contributed by atoms with Crippen molar-refractivity contribution < 1.29 is 26.7 Å². The maximum absolute atomic E-state index is 13.0. The van der Waals surface area contributed by atoms with E-state index in [1.807, 2.05) is 0 Å². The van der Waals surface area contributed by atoms with Gasteiger partial charge in [-0.25, -0.2) is 13.1 Å². The normalized spacial score (nSPS) is 18.0. The monoisotopic (exact) mass is 351 g/mol. The third-order valence-corrected chi connectivity index (χ3v) is 5.98. The number of halogens is 3. The van der Waals surface area contributed by atoms with Crippen LogP contribution in [0.25, 0.3) is 0 Å². The van der Waals surface area contributed by atoms with Crippen molar-refractivity contribution in [3.8, 4) is 0 Å². The second-order valence-electron chi connectivity index (χ2n) is 6.51. The Balaban J connectivity index is 2.23. The summed E-state index contributed by atoms with van der Waals surface area (Å²) in [5.41, 5.74) is -2.67. The second-order valence-corrected chi connectivity index (χ2v) is 8.19. The summed E-state index contributed by atoms with van der Waals surface area (Å²) in [6.45, 7) is 1.98. The van der Waals surface area contributed by atoms with Crippen LogP contribution in [-0.2, 0) is 15.4 Å². The molecule has 0 spiro atoms. The lowest BCUT2D eigenvalue weighted by Gasteiger charge is -2.28. The van der Waals surface area contributed by atoms with Crippen LogP contribution in [0.4, 0.5) is 13.2 Å². The number of rotatable bonds is 6. The van der Waals surface area contributed by atoms with Gasteiger partial charge in [0.1, 0.15) is 0 Å². The average molecular weight is 351 g/mol. The van der Waals surface area contributed by atoms with Gasteiger partial charge in [-0.15, -0.1) is 0 Å². The molecule has 23 heavy (non-hydrogen) atoms. The summed E-state index contributed by atoms with van der Waals surface area (Å²) >= 11 is 0. The first-order chi connectivity index (χ1) is 10.4. The number of hydrogen-bond donors (Lipinski definition) is 2. The standard InChI is InChI=1S/C15H20F3NO3S/c1-13(2,15(16,17)18)11-3-5-12(6-4-11)23(21,22)19-14(7-8-14)9-10-20/h3-6,19-20H,7-10H2,1-2H3. The summed E-state index contributed by atoms with van der Waals surface area (Å²) in [4.78, 5) is -0.0801. The van der Waals surface area contributed by atoms with E-state index < -0.39 is 27.2 Å². The van der Waals surface area contributed by atoms with Gasteiger partial charge in [0, 0.05) is 12.1 Å². The minimum absolute atomic E-state index is 0.000411. The fourth-order valence-corrected chi connectivity index (χ4v) is 3.81. The molecule has 1 aromatic carbocycles. The predicted molar refractivity (Wildman–Crippen MR) is 79.5 cm³/mol. The number of aliphatic hydroxyl groups is 1. The van der Waals surface area contributed by atoms with E-state index in [1.165, 1.54) is 24.3 Å². The van der Waals surface area contributed by atoms with Crippen LogP contribution in [0.5, 0.6) is 0 Å². The molecule has 0 aliphatic heterocycles. The van der Waals surface area contributed by atoms with E-state index in [0.717, 1.165) is 13.8 Å². The highest BCUT2D eigenvalue weighted by atomic mass is 32.2. The molecule has 0 radical (unpaired) electrons. The van der Waals surface area contributed by atoms with Crippen LogP contribution in [0.1, 0.15) is 38.7 Å². The van der Waals surface area contributed by atoms with E-state index >= 15 is 0 Å². The van der Waals surface area contributed by atoms with Gasteiger partial charge in [-0.1, -0.05) is 12.1 Å². The maximum Gasteiger partial charge on any atom is 0.397 e. The minimum atomic E-state index is -4.43. The van der Waals surface area contributed by atoms with E-state index in [-0.39, 0.29) is 17.1 Å². The van der Waals surface area contributed by atoms with Gasteiger partial charge >= 0.3 is 6.18 Å². The Bertz CT molecular complexity index is 662. The molecule has 2 N–H and O–H groups in total. The molecule has 1 aliphatic rings. The first-order valence-electron chi connectivity index (χ1n) is 7.26. The molecule has 8 heteroatoms. The highest BCUT2D eigenvalue weighted by molar-refractivity contribution is 7.89. The zero-order chi connectivity index (χ0) is 17.5. The molecule has 4 nitrogen and oxygen atoms in total. The topological polar surface area (TPSA) is 66.4 Å². The van der Waals surface area contributed by atoms with E-state index in [1.54, 1.807) is 0 Å². The van der Waals surface area contributed by atoms with Gasteiger partial charge in [-0.3, -0.25) is 0 Å². The molecule has 0 bridgehead atoms.